The smallest absolute Gasteiger partial charge is 0.471 e. The van der Waals surface area contributed by atoms with Gasteiger partial charge in [0.05, 0.1) is 25.3 Å². The largest absolute Gasteiger partial charge is 0.504 e. The highest BCUT2D eigenvalue weighted by Gasteiger charge is 2.57. The third kappa shape index (κ3) is 5.47. The lowest BCUT2D eigenvalue weighted by Crippen LogP contribution is -2.69. The van der Waals surface area contributed by atoms with Gasteiger partial charge in [0.15, 0.2) is 23.0 Å². The van der Waals surface area contributed by atoms with Crippen molar-refractivity contribution in [3.05, 3.63) is 52.1 Å². The summed E-state index contributed by atoms with van der Waals surface area (Å²) < 4.78 is 62.6. The summed E-state index contributed by atoms with van der Waals surface area (Å²) >= 11 is 0. The van der Waals surface area contributed by atoms with E-state index in [9.17, 15) is 33.1 Å². The van der Waals surface area contributed by atoms with Crippen LogP contribution in [0.15, 0.2) is 18.7 Å². The van der Waals surface area contributed by atoms with Crippen LogP contribution < -0.4 is 29.6 Å². The van der Waals surface area contributed by atoms with Crippen molar-refractivity contribution in [3.8, 4) is 34.8 Å². The Hall–Kier alpha value is -4.68. The second-order valence-corrected chi connectivity index (χ2v) is 12.8. The number of amides is 2. The summed E-state index contributed by atoms with van der Waals surface area (Å²) in [4.78, 5) is 28.9. The molecule has 6 rings (SSSR count). The minimum absolute atomic E-state index is 0.0121. The summed E-state index contributed by atoms with van der Waals surface area (Å²) in [6, 6.07) is 0.246. The number of nitrogens with one attached hydrogen (secondary N) is 2. The average Bonchev–Trinajstić information content (AvgIpc) is 3.54. The third-order valence-electron chi connectivity index (χ3n) is 10.1. The number of nitriles is 1. The fourth-order valence-electron chi connectivity index (χ4n) is 8.06. The maximum Gasteiger partial charge on any atom is 0.471 e. The monoisotopic (exact) mass is 685 g/mol. The van der Waals surface area contributed by atoms with Crippen LogP contribution in [0.1, 0.15) is 52.4 Å². The van der Waals surface area contributed by atoms with Gasteiger partial charge in [-0.15, -0.1) is 0 Å². The minimum Gasteiger partial charge on any atom is -0.504 e. The zero-order valence-corrected chi connectivity index (χ0v) is 27.7. The van der Waals surface area contributed by atoms with Crippen LogP contribution in [0.3, 0.4) is 0 Å². The first-order valence-corrected chi connectivity index (χ1v) is 15.9. The molecule has 4 aliphatic heterocycles. The summed E-state index contributed by atoms with van der Waals surface area (Å²) in [6.07, 6.45) is -2.78. The lowest BCUT2D eigenvalue weighted by molar-refractivity contribution is -0.174. The first-order chi connectivity index (χ1) is 23.2. The van der Waals surface area contributed by atoms with Crippen molar-refractivity contribution in [1.29, 1.82) is 5.26 Å². The SMILES string of the molecule is C=CCOc1c(C)c2c(c3c1CC1[C@H]4c5c(cc(C)c(OC)c5O)C[C@@H]([C@H](C#N)N1[C@H]3CNC(=O)[C@H](C)NC(=O)C(F)(F)F)N4C)OCO2. The normalized spacial score (nSPS) is 24.4. The molecule has 262 valence electrons. The number of piperazine rings is 1. The molecule has 2 aromatic carbocycles. The van der Waals surface area contributed by atoms with E-state index in [-0.39, 0.29) is 31.7 Å². The molecular formula is C34H38F3N5O7. The highest BCUT2D eigenvalue weighted by molar-refractivity contribution is 5.89. The van der Waals surface area contributed by atoms with Crippen molar-refractivity contribution in [1.82, 2.24) is 20.4 Å². The Kier molecular flexibility index (Phi) is 8.83. The summed E-state index contributed by atoms with van der Waals surface area (Å²) in [7, 11) is 3.41. The predicted octanol–water partition coefficient (Wildman–Crippen LogP) is 3.27. The minimum atomic E-state index is -5.16. The number of benzene rings is 2. The van der Waals surface area contributed by atoms with E-state index in [2.05, 4.69) is 22.9 Å². The van der Waals surface area contributed by atoms with Gasteiger partial charge in [0.2, 0.25) is 12.7 Å². The lowest BCUT2D eigenvalue weighted by atomic mass is 9.71. The zero-order valence-electron chi connectivity index (χ0n) is 27.7. The number of aromatic hydroxyl groups is 1. The Morgan fingerprint density at radius 1 is 1.20 bits per heavy atom. The molecule has 0 saturated carbocycles. The summed E-state index contributed by atoms with van der Waals surface area (Å²) in [5.41, 5.74) is 4.39. The average molecular weight is 686 g/mol. The maximum atomic E-state index is 13.2. The van der Waals surface area contributed by atoms with Crippen molar-refractivity contribution in [2.24, 2.45) is 0 Å². The fourth-order valence-corrected chi connectivity index (χ4v) is 8.06. The van der Waals surface area contributed by atoms with E-state index >= 15 is 0 Å². The molecule has 1 fully saturated rings. The lowest BCUT2D eigenvalue weighted by Gasteiger charge is -2.60. The number of phenolic OH excluding ortho intramolecular Hbond substituents is 1. The number of phenols is 1. The van der Waals surface area contributed by atoms with Crippen molar-refractivity contribution in [3.63, 3.8) is 0 Å². The van der Waals surface area contributed by atoms with E-state index in [4.69, 9.17) is 18.9 Å². The van der Waals surface area contributed by atoms with Gasteiger partial charge in [-0.05, 0) is 51.8 Å². The van der Waals surface area contributed by atoms with Crippen LogP contribution in [-0.2, 0) is 22.4 Å². The topological polar surface area (TPSA) is 146 Å². The Labute approximate surface area is 281 Å². The number of hydrogen-bond donors (Lipinski definition) is 3. The van der Waals surface area contributed by atoms with E-state index in [1.165, 1.54) is 7.11 Å². The molecule has 0 spiro atoms. The predicted molar refractivity (Wildman–Crippen MR) is 169 cm³/mol. The van der Waals surface area contributed by atoms with Crippen molar-refractivity contribution in [2.75, 3.05) is 34.1 Å². The molecule has 4 aliphatic rings. The molecule has 2 aromatic rings. The molecule has 0 aromatic heterocycles. The first kappa shape index (κ1) is 34.2. The highest BCUT2D eigenvalue weighted by Crippen LogP contribution is 2.58. The number of carbonyl (C=O) groups excluding carboxylic acids is 2. The molecule has 3 N–H and O–H groups in total. The Morgan fingerprint density at radius 2 is 1.92 bits per heavy atom. The van der Waals surface area contributed by atoms with Gasteiger partial charge >= 0.3 is 12.1 Å². The Morgan fingerprint density at radius 3 is 2.57 bits per heavy atom. The number of methoxy groups -OCH3 is 1. The number of aryl methyl sites for hydroxylation is 1. The van der Waals surface area contributed by atoms with Gasteiger partial charge in [0.1, 0.15) is 24.4 Å². The third-order valence-corrected chi connectivity index (χ3v) is 10.1. The number of hydrogen-bond acceptors (Lipinski definition) is 10. The molecule has 2 bridgehead atoms. The van der Waals surface area contributed by atoms with Gasteiger partial charge < -0.3 is 34.7 Å². The van der Waals surface area contributed by atoms with Crippen LogP contribution >= 0.6 is 0 Å². The number of nitrogens with zero attached hydrogens (tertiary/aromatic N) is 3. The van der Waals surface area contributed by atoms with Gasteiger partial charge in [-0.3, -0.25) is 19.4 Å². The molecule has 4 heterocycles. The fraction of sp³-hybridized carbons (Fsp3) is 0.500. The Bertz CT molecular complexity index is 1760. The van der Waals surface area contributed by atoms with Gasteiger partial charge in [-0.1, -0.05) is 18.7 Å². The van der Waals surface area contributed by atoms with E-state index in [0.29, 0.717) is 52.5 Å². The van der Waals surface area contributed by atoms with Crippen LogP contribution in [0.4, 0.5) is 13.2 Å². The second-order valence-electron chi connectivity index (χ2n) is 12.8. The number of likely N-dealkylation sites (N-methyl/N-ethyl adjacent to an activating group) is 1. The molecule has 0 aliphatic carbocycles. The molecule has 15 heteroatoms. The molecule has 49 heavy (non-hydrogen) atoms. The molecule has 1 unspecified atom stereocenters. The number of halogens is 3. The molecule has 12 nitrogen and oxygen atoms in total. The van der Waals surface area contributed by atoms with Crippen molar-refractivity contribution < 1.29 is 46.8 Å². The molecule has 6 atom stereocenters. The van der Waals surface area contributed by atoms with Crippen LogP contribution in [0.5, 0.6) is 28.7 Å². The molecule has 0 radical (unpaired) electrons. The van der Waals surface area contributed by atoms with Crippen LogP contribution in [0.2, 0.25) is 0 Å². The van der Waals surface area contributed by atoms with E-state index in [1.54, 1.807) is 11.4 Å². The van der Waals surface area contributed by atoms with Gasteiger partial charge in [-0.2, -0.15) is 18.4 Å². The van der Waals surface area contributed by atoms with E-state index < -0.39 is 48.2 Å². The summed E-state index contributed by atoms with van der Waals surface area (Å²) in [6.45, 7) is 8.57. The number of rotatable bonds is 8. The summed E-state index contributed by atoms with van der Waals surface area (Å²) in [5.74, 6) is -1.32. The van der Waals surface area contributed by atoms with Gasteiger partial charge in [0.25, 0.3) is 0 Å². The van der Waals surface area contributed by atoms with Crippen molar-refractivity contribution in [2.45, 2.75) is 76.0 Å². The Balaban J connectivity index is 1.51. The first-order valence-electron chi connectivity index (χ1n) is 15.9. The number of alkyl halides is 3. The number of fused-ring (bicyclic) bond motifs is 9. The van der Waals surface area contributed by atoms with Crippen LogP contribution in [0.25, 0.3) is 0 Å². The van der Waals surface area contributed by atoms with Gasteiger partial charge in [-0.25, -0.2) is 0 Å². The number of carbonyl (C=O) groups is 2. The van der Waals surface area contributed by atoms with E-state index in [0.717, 1.165) is 23.6 Å². The van der Waals surface area contributed by atoms with Gasteiger partial charge in [0, 0.05) is 40.9 Å². The summed E-state index contributed by atoms with van der Waals surface area (Å²) in [5, 5.41) is 26.9. The zero-order chi connectivity index (χ0) is 35.5. The standard InChI is InChI=1S/C34H38F3N5O7/c1-7-8-47-29-16(3)30-31(49-14-48-30)25-19(29)11-21-26-24-18(9-15(2)28(46-6)27(24)43)10-20(41(26)5)22(12-38)42(21)23(25)13-39-32(44)17(4)40-33(45)34(35,36)37/h7,9,17,20-23,26,43H,1,8,10-11,13-14H2,2-6H3,(H,39,44)(H,40,45)/t17-,20-,21?,22-,23-,26-/m0/s1. The van der Waals surface area contributed by atoms with E-state index in [1.807, 2.05) is 31.9 Å². The maximum absolute atomic E-state index is 13.2. The molecular weight excluding hydrogens is 647 g/mol. The number of ether oxygens (including phenoxy) is 4. The van der Waals surface area contributed by atoms with Crippen LogP contribution in [-0.4, -0.2) is 91.2 Å². The quantitative estimate of drug-likeness (QED) is 0.354. The van der Waals surface area contributed by atoms with Crippen LogP contribution in [0, 0.1) is 25.2 Å². The van der Waals surface area contributed by atoms with Crippen molar-refractivity contribution >= 4 is 11.8 Å². The molecule has 1 saturated heterocycles. The highest BCUT2D eigenvalue weighted by atomic mass is 19.4. The second kappa shape index (κ2) is 12.6. The molecule has 2 amide bonds.